The van der Waals surface area contributed by atoms with E-state index in [-0.39, 0.29) is 17.6 Å². The van der Waals surface area contributed by atoms with Crippen LogP contribution in [0.4, 0.5) is 4.39 Å². The van der Waals surface area contributed by atoms with Crippen molar-refractivity contribution in [3.63, 3.8) is 0 Å². The molecule has 0 radical (unpaired) electrons. The van der Waals surface area contributed by atoms with E-state index in [0.29, 0.717) is 11.3 Å². The van der Waals surface area contributed by atoms with Crippen molar-refractivity contribution in [2.45, 2.75) is 39.8 Å². The van der Waals surface area contributed by atoms with Crippen LogP contribution in [0.1, 0.15) is 43.6 Å². The highest BCUT2D eigenvalue weighted by atomic mass is 19.1. The van der Waals surface area contributed by atoms with Crippen LogP contribution in [0, 0.1) is 11.7 Å². The molecule has 2 rings (SSSR count). The van der Waals surface area contributed by atoms with Crippen LogP contribution in [-0.4, -0.2) is 30.2 Å². The number of ether oxygens (including phenoxy) is 1. The second-order valence-electron chi connectivity index (χ2n) is 7.11. The third-order valence-corrected chi connectivity index (χ3v) is 4.01. The van der Waals surface area contributed by atoms with Crippen molar-refractivity contribution in [3.8, 4) is 5.75 Å². The third-order valence-electron chi connectivity index (χ3n) is 4.01. The number of hydrogen-bond acceptors (Lipinski definition) is 4. The lowest BCUT2D eigenvalue weighted by molar-refractivity contribution is -0.123. The van der Waals surface area contributed by atoms with Gasteiger partial charge < -0.3 is 10.1 Å². The van der Waals surface area contributed by atoms with Gasteiger partial charge in [-0.15, -0.1) is 0 Å². The number of carbonyl (C=O) groups is 2. The van der Waals surface area contributed by atoms with Gasteiger partial charge in [-0.3, -0.25) is 9.59 Å². The lowest BCUT2D eigenvalue weighted by Crippen LogP contribution is -2.48. The summed E-state index contributed by atoms with van der Waals surface area (Å²) in [4.78, 5) is 24.9. The number of halogens is 1. The molecule has 0 bridgehead atoms. The van der Waals surface area contributed by atoms with E-state index in [2.05, 4.69) is 15.8 Å². The van der Waals surface area contributed by atoms with Gasteiger partial charge in [0.15, 0.2) is 0 Å². The van der Waals surface area contributed by atoms with E-state index < -0.39 is 23.7 Å². The monoisotopic (exact) mass is 399 g/mol. The minimum Gasteiger partial charge on any atom is -0.490 e. The average molecular weight is 399 g/mol. The summed E-state index contributed by atoms with van der Waals surface area (Å²) in [5.41, 5.74) is 3.02. The maximum atomic E-state index is 13.8. The Morgan fingerprint density at radius 3 is 2.34 bits per heavy atom. The highest BCUT2D eigenvalue weighted by Crippen LogP contribution is 2.17. The molecule has 0 aliphatic heterocycles. The van der Waals surface area contributed by atoms with E-state index in [0.717, 1.165) is 0 Å². The van der Waals surface area contributed by atoms with Gasteiger partial charge in [-0.2, -0.15) is 5.10 Å². The molecule has 6 nitrogen and oxygen atoms in total. The molecule has 2 aromatic rings. The zero-order valence-electron chi connectivity index (χ0n) is 17.0. The van der Waals surface area contributed by atoms with E-state index in [1.165, 1.54) is 24.4 Å². The minimum atomic E-state index is -0.874. The largest absolute Gasteiger partial charge is 0.490 e. The van der Waals surface area contributed by atoms with Crippen molar-refractivity contribution < 1.29 is 18.7 Å². The maximum absolute atomic E-state index is 13.8. The topological polar surface area (TPSA) is 79.8 Å². The van der Waals surface area contributed by atoms with Gasteiger partial charge in [0.2, 0.25) is 0 Å². The smallest absolute Gasteiger partial charge is 0.262 e. The fourth-order valence-electron chi connectivity index (χ4n) is 2.58. The van der Waals surface area contributed by atoms with Gasteiger partial charge >= 0.3 is 0 Å². The lowest BCUT2D eigenvalue weighted by atomic mass is 10.0. The van der Waals surface area contributed by atoms with Gasteiger partial charge in [0.25, 0.3) is 11.8 Å². The summed E-state index contributed by atoms with van der Waals surface area (Å²) in [6, 6.07) is 12.0. The summed E-state index contributed by atoms with van der Waals surface area (Å²) < 4.78 is 19.5. The van der Waals surface area contributed by atoms with Gasteiger partial charge in [-0.1, -0.05) is 38.1 Å². The van der Waals surface area contributed by atoms with Gasteiger partial charge in [0.1, 0.15) is 17.6 Å². The molecule has 2 aromatic carbocycles. The SMILES string of the molecule is CC(C)Oc1ccccc1/C=N/NC(=O)C(NC(=O)c1ccccc1F)C(C)C. The van der Waals surface area contributed by atoms with Crippen LogP contribution >= 0.6 is 0 Å². The summed E-state index contributed by atoms with van der Waals surface area (Å²) in [5.74, 6) is -1.38. The molecule has 1 atom stereocenters. The normalized spacial score (nSPS) is 12.2. The first-order chi connectivity index (χ1) is 13.8. The van der Waals surface area contributed by atoms with Crippen LogP contribution in [0.2, 0.25) is 0 Å². The van der Waals surface area contributed by atoms with E-state index in [1.807, 2.05) is 38.1 Å². The van der Waals surface area contributed by atoms with E-state index in [1.54, 1.807) is 19.9 Å². The predicted octanol–water partition coefficient (Wildman–Crippen LogP) is 3.52. The Morgan fingerprint density at radius 1 is 1.03 bits per heavy atom. The van der Waals surface area contributed by atoms with Gasteiger partial charge in [0, 0.05) is 5.56 Å². The number of rotatable bonds is 8. The number of nitrogens with zero attached hydrogens (tertiary/aromatic N) is 1. The molecule has 0 aromatic heterocycles. The van der Waals surface area contributed by atoms with Crippen molar-refractivity contribution in [2.75, 3.05) is 0 Å². The van der Waals surface area contributed by atoms with Crippen LogP contribution in [0.5, 0.6) is 5.75 Å². The zero-order valence-corrected chi connectivity index (χ0v) is 17.0. The summed E-state index contributed by atoms with van der Waals surface area (Å²) in [5, 5.41) is 6.55. The molecule has 7 heteroatoms. The Hall–Kier alpha value is -3.22. The fraction of sp³-hybridized carbons (Fsp3) is 0.318. The summed E-state index contributed by atoms with van der Waals surface area (Å²) >= 11 is 0. The second kappa shape index (κ2) is 10.4. The van der Waals surface area contributed by atoms with Crippen molar-refractivity contribution in [3.05, 3.63) is 65.5 Å². The van der Waals surface area contributed by atoms with Crippen molar-refractivity contribution in [1.29, 1.82) is 0 Å². The molecule has 0 saturated carbocycles. The van der Waals surface area contributed by atoms with E-state index in [9.17, 15) is 14.0 Å². The molecular formula is C22H26FN3O3. The molecule has 0 fully saturated rings. The lowest BCUT2D eigenvalue weighted by Gasteiger charge is -2.20. The van der Waals surface area contributed by atoms with Crippen molar-refractivity contribution in [2.24, 2.45) is 11.0 Å². The number of carbonyl (C=O) groups excluding carboxylic acids is 2. The summed E-state index contributed by atoms with van der Waals surface area (Å²) in [6.07, 6.45) is 1.48. The summed E-state index contributed by atoms with van der Waals surface area (Å²) in [7, 11) is 0. The molecule has 1 unspecified atom stereocenters. The first-order valence-corrected chi connectivity index (χ1v) is 9.43. The van der Waals surface area contributed by atoms with Crippen molar-refractivity contribution in [1.82, 2.24) is 10.7 Å². The van der Waals surface area contributed by atoms with Crippen LogP contribution in [0.15, 0.2) is 53.6 Å². The minimum absolute atomic E-state index is 0.00180. The summed E-state index contributed by atoms with van der Waals surface area (Å²) in [6.45, 7) is 7.39. The van der Waals surface area contributed by atoms with Crippen LogP contribution in [-0.2, 0) is 4.79 Å². The van der Waals surface area contributed by atoms with E-state index in [4.69, 9.17) is 4.74 Å². The van der Waals surface area contributed by atoms with Crippen LogP contribution < -0.4 is 15.5 Å². The second-order valence-corrected chi connectivity index (χ2v) is 7.11. The van der Waals surface area contributed by atoms with Gasteiger partial charge in [0.05, 0.1) is 17.9 Å². The highest BCUT2D eigenvalue weighted by molar-refractivity contribution is 5.98. The Morgan fingerprint density at radius 2 is 1.69 bits per heavy atom. The number of nitrogens with one attached hydrogen (secondary N) is 2. The molecular weight excluding hydrogens is 373 g/mol. The number of para-hydroxylation sites is 1. The molecule has 2 amide bonds. The van der Waals surface area contributed by atoms with Gasteiger partial charge in [-0.05, 0) is 44.0 Å². The average Bonchev–Trinajstić information content (AvgIpc) is 2.66. The Bertz CT molecular complexity index is 881. The number of amides is 2. The number of hydrazone groups is 1. The fourth-order valence-corrected chi connectivity index (χ4v) is 2.58. The molecule has 29 heavy (non-hydrogen) atoms. The first kappa shape index (κ1) is 22.1. The quantitative estimate of drug-likeness (QED) is 0.527. The Labute approximate surface area is 170 Å². The highest BCUT2D eigenvalue weighted by Gasteiger charge is 2.25. The van der Waals surface area contributed by atoms with E-state index >= 15 is 0 Å². The zero-order chi connectivity index (χ0) is 21.4. The molecule has 0 saturated heterocycles. The molecule has 0 aliphatic carbocycles. The molecule has 0 spiro atoms. The number of hydrogen-bond donors (Lipinski definition) is 2. The number of benzene rings is 2. The predicted molar refractivity (Wildman–Crippen MR) is 110 cm³/mol. The Balaban J connectivity index is 2.06. The standard InChI is InChI=1S/C22H26FN3O3/c1-14(2)20(25-21(27)17-10-6-7-11-18(17)23)22(28)26-24-13-16-9-5-8-12-19(16)29-15(3)4/h5-15,20H,1-4H3,(H,25,27)(H,26,28)/b24-13+. The molecule has 154 valence electrons. The molecule has 2 N–H and O–H groups in total. The maximum Gasteiger partial charge on any atom is 0.262 e. The van der Waals surface area contributed by atoms with Crippen LogP contribution in [0.3, 0.4) is 0 Å². The molecule has 0 heterocycles. The Kier molecular flexibility index (Phi) is 7.88. The molecule has 0 aliphatic rings. The first-order valence-electron chi connectivity index (χ1n) is 9.43. The van der Waals surface area contributed by atoms with Crippen LogP contribution in [0.25, 0.3) is 0 Å². The van der Waals surface area contributed by atoms with Gasteiger partial charge in [-0.25, -0.2) is 9.82 Å². The van der Waals surface area contributed by atoms with Crippen molar-refractivity contribution >= 4 is 18.0 Å². The third kappa shape index (κ3) is 6.41.